The fourth-order valence-electron chi connectivity index (χ4n) is 1.92. The first-order chi connectivity index (χ1) is 7.84. The molecule has 2 heterocycles. The van der Waals surface area contributed by atoms with Gasteiger partial charge in [0.15, 0.2) is 0 Å². The smallest absolute Gasteiger partial charge is 0.227 e. The molecule has 3 rings (SSSR count). The lowest BCUT2D eigenvalue weighted by Gasteiger charge is -2.15. The van der Waals surface area contributed by atoms with E-state index in [1.54, 1.807) is 6.20 Å². The Morgan fingerprint density at radius 3 is 2.88 bits per heavy atom. The van der Waals surface area contributed by atoms with Crippen LogP contribution in [0.2, 0.25) is 0 Å². The lowest BCUT2D eigenvalue weighted by Crippen LogP contribution is -2.23. The SMILES string of the molecule is O=C1CCn2ncc(-c3ccccc3)c2N1. The predicted octanol–water partition coefficient (Wildman–Crippen LogP) is 1.89. The van der Waals surface area contributed by atoms with Gasteiger partial charge in [-0.1, -0.05) is 30.3 Å². The van der Waals surface area contributed by atoms with Crippen molar-refractivity contribution in [1.29, 1.82) is 0 Å². The molecule has 0 bridgehead atoms. The Morgan fingerprint density at radius 1 is 1.25 bits per heavy atom. The number of nitrogens with one attached hydrogen (secondary N) is 1. The zero-order valence-electron chi connectivity index (χ0n) is 8.68. The predicted molar refractivity (Wildman–Crippen MR) is 60.9 cm³/mol. The summed E-state index contributed by atoms with van der Waals surface area (Å²) in [5, 5.41) is 7.14. The highest BCUT2D eigenvalue weighted by molar-refractivity contribution is 5.95. The van der Waals surface area contributed by atoms with Gasteiger partial charge >= 0.3 is 0 Å². The van der Waals surface area contributed by atoms with Gasteiger partial charge in [-0.15, -0.1) is 0 Å². The molecule has 1 aliphatic heterocycles. The highest BCUT2D eigenvalue weighted by Crippen LogP contribution is 2.29. The molecule has 0 spiro atoms. The number of fused-ring (bicyclic) bond motifs is 1. The molecule has 1 amide bonds. The van der Waals surface area contributed by atoms with Crippen molar-refractivity contribution in [1.82, 2.24) is 9.78 Å². The molecular formula is C12H11N3O. The van der Waals surface area contributed by atoms with E-state index in [9.17, 15) is 4.79 Å². The second-order valence-electron chi connectivity index (χ2n) is 3.79. The van der Waals surface area contributed by atoms with Crippen molar-refractivity contribution in [2.75, 3.05) is 5.32 Å². The Balaban J connectivity index is 2.10. The number of amides is 1. The van der Waals surface area contributed by atoms with Gasteiger partial charge in [-0.05, 0) is 5.56 Å². The highest BCUT2D eigenvalue weighted by atomic mass is 16.1. The highest BCUT2D eigenvalue weighted by Gasteiger charge is 2.19. The lowest BCUT2D eigenvalue weighted by molar-refractivity contribution is -0.116. The van der Waals surface area contributed by atoms with Crippen molar-refractivity contribution < 1.29 is 4.79 Å². The summed E-state index contributed by atoms with van der Waals surface area (Å²) in [5.74, 6) is 0.868. The largest absolute Gasteiger partial charge is 0.310 e. The molecule has 0 saturated carbocycles. The van der Waals surface area contributed by atoms with Crippen molar-refractivity contribution >= 4 is 11.7 Å². The maximum atomic E-state index is 11.4. The number of nitrogens with zero attached hydrogens (tertiary/aromatic N) is 2. The van der Waals surface area contributed by atoms with E-state index >= 15 is 0 Å². The standard InChI is InChI=1S/C12H11N3O/c16-11-6-7-15-12(14-11)10(8-13-15)9-4-2-1-3-5-9/h1-5,8H,6-7H2,(H,14,16). The summed E-state index contributed by atoms with van der Waals surface area (Å²) in [6.45, 7) is 0.661. The van der Waals surface area contributed by atoms with Crippen LogP contribution >= 0.6 is 0 Å². The number of hydrogen-bond acceptors (Lipinski definition) is 2. The van der Waals surface area contributed by atoms with Gasteiger partial charge in [-0.25, -0.2) is 4.68 Å². The molecule has 4 nitrogen and oxygen atoms in total. The number of carbonyl (C=O) groups is 1. The van der Waals surface area contributed by atoms with Crippen molar-refractivity contribution in [3.05, 3.63) is 36.5 Å². The summed E-state index contributed by atoms with van der Waals surface area (Å²) in [6, 6.07) is 9.95. The zero-order chi connectivity index (χ0) is 11.0. The molecule has 4 heteroatoms. The Hall–Kier alpha value is -2.10. The Bertz CT molecular complexity index is 530. The van der Waals surface area contributed by atoms with Gasteiger partial charge in [0.1, 0.15) is 5.82 Å². The topological polar surface area (TPSA) is 46.9 Å². The fourth-order valence-corrected chi connectivity index (χ4v) is 1.92. The minimum absolute atomic E-state index is 0.0604. The number of aromatic nitrogens is 2. The second-order valence-corrected chi connectivity index (χ2v) is 3.79. The van der Waals surface area contributed by atoms with Crippen LogP contribution in [-0.4, -0.2) is 15.7 Å². The fraction of sp³-hybridized carbons (Fsp3) is 0.167. The molecule has 0 radical (unpaired) electrons. The molecule has 16 heavy (non-hydrogen) atoms. The molecule has 0 fully saturated rings. The summed E-state index contributed by atoms with van der Waals surface area (Å²) < 4.78 is 1.84. The quantitative estimate of drug-likeness (QED) is 0.786. The summed E-state index contributed by atoms with van der Waals surface area (Å²) in [4.78, 5) is 11.4. The minimum Gasteiger partial charge on any atom is -0.310 e. The van der Waals surface area contributed by atoms with Crippen LogP contribution in [0.1, 0.15) is 6.42 Å². The van der Waals surface area contributed by atoms with Crippen molar-refractivity contribution in [2.24, 2.45) is 0 Å². The average molecular weight is 213 g/mol. The summed E-state index contributed by atoms with van der Waals surface area (Å²) in [5.41, 5.74) is 2.06. The monoisotopic (exact) mass is 213 g/mol. The third-order valence-electron chi connectivity index (χ3n) is 2.73. The zero-order valence-corrected chi connectivity index (χ0v) is 8.68. The Morgan fingerprint density at radius 2 is 2.06 bits per heavy atom. The van der Waals surface area contributed by atoms with E-state index in [2.05, 4.69) is 10.4 Å². The Kier molecular flexibility index (Phi) is 1.99. The van der Waals surface area contributed by atoms with Gasteiger partial charge in [-0.3, -0.25) is 4.79 Å². The van der Waals surface area contributed by atoms with Gasteiger partial charge in [0.05, 0.1) is 12.7 Å². The molecule has 1 aromatic heterocycles. The minimum atomic E-state index is 0.0604. The van der Waals surface area contributed by atoms with E-state index in [4.69, 9.17) is 0 Å². The molecule has 2 aromatic rings. The van der Waals surface area contributed by atoms with Gasteiger partial charge in [-0.2, -0.15) is 5.10 Å². The van der Waals surface area contributed by atoms with Gasteiger partial charge in [0.2, 0.25) is 5.91 Å². The molecule has 1 aliphatic rings. The normalized spacial score (nSPS) is 14.4. The third kappa shape index (κ3) is 1.39. The number of hydrogen-bond donors (Lipinski definition) is 1. The maximum Gasteiger partial charge on any atom is 0.227 e. The van der Waals surface area contributed by atoms with E-state index in [-0.39, 0.29) is 5.91 Å². The summed E-state index contributed by atoms with van der Waals surface area (Å²) in [6.07, 6.45) is 2.30. The van der Waals surface area contributed by atoms with Crippen LogP contribution in [0.25, 0.3) is 11.1 Å². The van der Waals surface area contributed by atoms with E-state index in [1.165, 1.54) is 0 Å². The van der Waals surface area contributed by atoms with Crippen molar-refractivity contribution in [3.63, 3.8) is 0 Å². The molecule has 80 valence electrons. The first kappa shape index (κ1) is 9.15. The van der Waals surface area contributed by atoms with Crippen LogP contribution in [0.5, 0.6) is 0 Å². The third-order valence-corrected chi connectivity index (χ3v) is 2.73. The van der Waals surface area contributed by atoms with Gasteiger partial charge in [0.25, 0.3) is 0 Å². The van der Waals surface area contributed by atoms with E-state index in [1.807, 2.05) is 35.0 Å². The summed E-state index contributed by atoms with van der Waals surface area (Å²) in [7, 11) is 0. The van der Waals surface area contributed by atoms with E-state index in [0.717, 1.165) is 16.9 Å². The van der Waals surface area contributed by atoms with Gasteiger partial charge in [0, 0.05) is 12.0 Å². The maximum absolute atomic E-state index is 11.4. The summed E-state index contributed by atoms with van der Waals surface area (Å²) >= 11 is 0. The van der Waals surface area contributed by atoms with E-state index in [0.29, 0.717) is 13.0 Å². The lowest BCUT2D eigenvalue weighted by atomic mass is 10.1. The first-order valence-corrected chi connectivity index (χ1v) is 5.26. The number of carbonyl (C=O) groups excluding carboxylic acids is 1. The van der Waals surface area contributed by atoms with Crippen molar-refractivity contribution in [2.45, 2.75) is 13.0 Å². The molecule has 1 aromatic carbocycles. The van der Waals surface area contributed by atoms with E-state index < -0.39 is 0 Å². The molecule has 0 saturated heterocycles. The molecule has 1 N–H and O–H groups in total. The number of anilines is 1. The van der Waals surface area contributed by atoms with Crippen LogP contribution in [0.15, 0.2) is 36.5 Å². The van der Waals surface area contributed by atoms with Crippen LogP contribution in [0.3, 0.4) is 0 Å². The number of benzene rings is 1. The van der Waals surface area contributed by atoms with Crippen LogP contribution in [0.4, 0.5) is 5.82 Å². The Labute approximate surface area is 92.9 Å². The average Bonchev–Trinajstić information content (AvgIpc) is 2.73. The van der Waals surface area contributed by atoms with Crippen LogP contribution in [0, 0.1) is 0 Å². The van der Waals surface area contributed by atoms with Crippen LogP contribution in [-0.2, 0) is 11.3 Å². The molecule has 0 unspecified atom stereocenters. The molecular weight excluding hydrogens is 202 g/mol. The molecule has 0 aliphatic carbocycles. The molecule has 0 atom stereocenters. The number of rotatable bonds is 1. The van der Waals surface area contributed by atoms with Crippen LogP contribution < -0.4 is 5.32 Å². The second kappa shape index (κ2) is 3.48. The van der Waals surface area contributed by atoms with Gasteiger partial charge < -0.3 is 5.32 Å². The number of aryl methyl sites for hydroxylation is 1. The van der Waals surface area contributed by atoms with Crippen molar-refractivity contribution in [3.8, 4) is 11.1 Å². The first-order valence-electron chi connectivity index (χ1n) is 5.26.